The summed E-state index contributed by atoms with van der Waals surface area (Å²) in [5.74, 6) is 0.678. The van der Waals surface area contributed by atoms with Gasteiger partial charge < -0.3 is 19.5 Å². The summed E-state index contributed by atoms with van der Waals surface area (Å²) < 4.78 is 1.96. The van der Waals surface area contributed by atoms with Crippen LogP contribution in [0.15, 0.2) is 24.5 Å². The molecular formula is C19H29N3O3. The summed E-state index contributed by atoms with van der Waals surface area (Å²) in [6.07, 6.45) is 6.72. The van der Waals surface area contributed by atoms with Gasteiger partial charge in [-0.1, -0.05) is 0 Å². The summed E-state index contributed by atoms with van der Waals surface area (Å²) in [7, 11) is 0. The van der Waals surface area contributed by atoms with E-state index in [-0.39, 0.29) is 24.5 Å². The van der Waals surface area contributed by atoms with Gasteiger partial charge >= 0.3 is 0 Å². The van der Waals surface area contributed by atoms with Gasteiger partial charge in [-0.2, -0.15) is 0 Å². The molecule has 0 saturated carbocycles. The minimum atomic E-state index is -0.600. The lowest BCUT2D eigenvalue weighted by atomic mass is 9.82. The van der Waals surface area contributed by atoms with Crippen molar-refractivity contribution >= 4 is 11.8 Å². The molecule has 1 aromatic rings. The Hall–Kier alpha value is -1.82. The van der Waals surface area contributed by atoms with Crippen LogP contribution in [0.25, 0.3) is 0 Å². The zero-order chi connectivity index (χ0) is 18.0. The number of rotatable bonds is 5. The van der Waals surface area contributed by atoms with E-state index in [4.69, 9.17) is 5.11 Å². The number of likely N-dealkylation sites (tertiary alicyclic amines) is 2. The molecule has 2 atom stereocenters. The first kappa shape index (κ1) is 18.0. The van der Waals surface area contributed by atoms with E-state index < -0.39 is 5.54 Å². The second-order valence-corrected chi connectivity index (χ2v) is 7.72. The number of hydrogen-bond acceptors (Lipinski definition) is 3. The molecule has 3 heterocycles. The van der Waals surface area contributed by atoms with E-state index in [1.165, 1.54) is 0 Å². The summed E-state index contributed by atoms with van der Waals surface area (Å²) >= 11 is 0. The summed E-state index contributed by atoms with van der Waals surface area (Å²) in [4.78, 5) is 29.3. The molecular weight excluding hydrogens is 318 g/mol. The highest BCUT2D eigenvalue weighted by atomic mass is 16.3. The van der Waals surface area contributed by atoms with Crippen molar-refractivity contribution in [1.29, 1.82) is 0 Å². The summed E-state index contributed by atoms with van der Waals surface area (Å²) in [5, 5.41) is 9.08. The van der Waals surface area contributed by atoms with Gasteiger partial charge in [0.1, 0.15) is 5.54 Å². The highest BCUT2D eigenvalue weighted by Gasteiger charge is 2.42. The topological polar surface area (TPSA) is 65.8 Å². The molecule has 0 spiro atoms. The van der Waals surface area contributed by atoms with Crippen LogP contribution in [0.4, 0.5) is 0 Å². The molecule has 2 fully saturated rings. The maximum atomic E-state index is 13.1. The van der Waals surface area contributed by atoms with Crippen molar-refractivity contribution in [2.75, 3.05) is 26.2 Å². The van der Waals surface area contributed by atoms with Crippen molar-refractivity contribution < 1.29 is 14.7 Å². The smallest absolute Gasteiger partial charge is 0.248 e. The molecule has 0 bridgehead atoms. The molecule has 3 rings (SSSR count). The third-order valence-corrected chi connectivity index (χ3v) is 5.76. The van der Waals surface area contributed by atoms with Crippen molar-refractivity contribution in [3.63, 3.8) is 0 Å². The van der Waals surface area contributed by atoms with Crippen LogP contribution in [0.2, 0.25) is 0 Å². The van der Waals surface area contributed by atoms with Gasteiger partial charge in [0.15, 0.2) is 0 Å². The molecule has 2 aliphatic rings. The molecule has 0 aromatic carbocycles. The Morgan fingerprint density at radius 3 is 2.68 bits per heavy atom. The van der Waals surface area contributed by atoms with Gasteiger partial charge in [0, 0.05) is 51.1 Å². The zero-order valence-electron chi connectivity index (χ0n) is 15.2. The Labute approximate surface area is 149 Å². The fourth-order valence-corrected chi connectivity index (χ4v) is 4.27. The predicted octanol–water partition coefficient (Wildman–Crippen LogP) is 1.45. The standard InChI is InChI=1S/C19H29N3O3/c1-19(2,21-9-3-4-10-21)18(25)20-12-8-16-15(14-20)6-7-17(24)22(16)11-5-13-23/h3-4,9-10,15-16,23H,5-8,11-14H2,1-2H3/t15-,16+/m0/s1. The van der Waals surface area contributed by atoms with Crippen molar-refractivity contribution in [3.05, 3.63) is 24.5 Å². The molecule has 0 radical (unpaired) electrons. The highest BCUT2D eigenvalue weighted by Crippen LogP contribution is 2.33. The molecule has 0 aliphatic carbocycles. The molecule has 6 nitrogen and oxygen atoms in total. The zero-order valence-corrected chi connectivity index (χ0v) is 15.2. The fourth-order valence-electron chi connectivity index (χ4n) is 4.27. The van der Waals surface area contributed by atoms with E-state index in [0.717, 1.165) is 19.4 Å². The summed E-state index contributed by atoms with van der Waals surface area (Å²) in [6.45, 7) is 6.06. The van der Waals surface area contributed by atoms with Crippen LogP contribution in [0.1, 0.15) is 39.5 Å². The molecule has 2 aliphatic heterocycles. The Kier molecular flexibility index (Phi) is 5.18. The van der Waals surface area contributed by atoms with Crippen LogP contribution in [0, 0.1) is 5.92 Å². The Balaban J connectivity index is 1.69. The van der Waals surface area contributed by atoms with Gasteiger partial charge in [-0.3, -0.25) is 9.59 Å². The number of hydrogen-bond donors (Lipinski definition) is 1. The Morgan fingerprint density at radius 1 is 1.28 bits per heavy atom. The first-order chi connectivity index (χ1) is 11.9. The predicted molar refractivity (Wildman–Crippen MR) is 94.9 cm³/mol. The molecule has 25 heavy (non-hydrogen) atoms. The van der Waals surface area contributed by atoms with Crippen molar-refractivity contribution in [2.45, 2.75) is 51.1 Å². The van der Waals surface area contributed by atoms with E-state index in [0.29, 0.717) is 31.8 Å². The van der Waals surface area contributed by atoms with E-state index in [1.54, 1.807) is 0 Å². The molecule has 0 unspecified atom stereocenters. The molecule has 1 aromatic heterocycles. The van der Waals surface area contributed by atoms with Crippen LogP contribution < -0.4 is 0 Å². The van der Waals surface area contributed by atoms with Crippen LogP contribution in [0.5, 0.6) is 0 Å². The minimum absolute atomic E-state index is 0.108. The molecule has 1 N–H and O–H groups in total. The molecule has 2 saturated heterocycles. The quantitative estimate of drug-likeness (QED) is 0.877. The van der Waals surface area contributed by atoms with Gasteiger partial charge in [-0.15, -0.1) is 0 Å². The Morgan fingerprint density at radius 2 is 2.00 bits per heavy atom. The maximum absolute atomic E-state index is 13.1. The number of aromatic nitrogens is 1. The maximum Gasteiger partial charge on any atom is 0.248 e. The molecule has 138 valence electrons. The third-order valence-electron chi connectivity index (χ3n) is 5.76. The van der Waals surface area contributed by atoms with Crippen molar-refractivity contribution in [3.8, 4) is 0 Å². The van der Waals surface area contributed by atoms with Crippen LogP contribution in [-0.4, -0.2) is 63.6 Å². The van der Waals surface area contributed by atoms with E-state index >= 15 is 0 Å². The lowest BCUT2D eigenvalue weighted by Gasteiger charge is -2.48. The second-order valence-electron chi connectivity index (χ2n) is 7.72. The average Bonchev–Trinajstić information content (AvgIpc) is 3.15. The van der Waals surface area contributed by atoms with Gasteiger partial charge in [0.2, 0.25) is 11.8 Å². The van der Waals surface area contributed by atoms with Gasteiger partial charge in [-0.05, 0) is 51.2 Å². The number of aliphatic hydroxyl groups excluding tert-OH is 1. The fraction of sp³-hybridized carbons (Fsp3) is 0.684. The minimum Gasteiger partial charge on any atom is -0.396 e. The monoisotopic (exact) mass is 347 g/mol. The molecule has 6 heteroatoms. The van der Waals surface area contributed by atoms with Crippen molar-refractivity contribution in [1.82, 2.24) is 14.4 Å². The number of nitrogens with zero attached hydrogens (tertiary/aromatic N) is 3. The number of carbonyl (C=O) groups is 2. The lowest BCUT2D eigenvalue weighted by Crippen LogP contribution is -2.59. The molecule has 2 amide bonds. The van der Waals surface area contributed by atoms with E-state index in [9.17, 15) is 9.59 Å². The number of fused-ring (bicyclic) bond motifs is 1. The third kappa shape index (κ3) is 3.45. The van der Waals surface area contributed by atoms with E-state index in [1.807, 2.05) is 52.7 Å². The summed E-state index contributed by atoms with van der Waals surface area (Å²) in [5.41, 5.74) is -0.600. The normalized spacial score (nSPS) is 24.4. The van der Waals surface area contributed by atoms with Gasteiger partial charge in [0.25, 0.3) is 0 Å². The number of amides is 2. The van der Waals surface area contributed by atoms with Gasteiger partial charge in [0.05, 0.1) is 0 Å². The highest BCUT2D eigenvalue weighted by molar-refractivity contribution is 5.84. The Bertz CT molecular complexity index is 611. The average molecular weight is 347 g/mol. The van der Waals surface area contributed by atoms with Crippen LogP contribution in [0.3, 0.4) is 0 Å². The number of piperidine rings is 2. The van der Waals surface area contributed by atoms with Crippen LogP contribution in [-0.2, 0) is 15.1 Å². The largest absolute Gasteiger partial charge is 0.396 e. The van der Waals surface area contributed by atoms with Crippen molar-refractivity contribution in [2.24, 2.45) is 5.92 Å². The first-order valence-corrected chi connectivity index (χ1v) is 9.28. The van der Waals surface area contributed by atoms with Crippen LogP contribution >= 0.6 is 0 Å². The lowest BCUT2D eigenvalue weighted by molar-refractivity contribution is -0.148. The number of aliphatic hydroxyl groups is 1. The summed E-state index contributed by atoms with van der Waals surface area (Å²) in [6, 6.07) is 4.09. The first-order valence-electron chi connectivity index (χ1n) is 9.28. The van der Waals surface area contributed by atoms with Gasteiger partial charge in [-0.25, -0.2) is 0 Å². The SMILES string of the molecule is CC(C)(C(=O)N1CC[C@@H]2[C@@H](CCC(=O)N2CCCO)C1)n1cccc1. The van der Waals surface area contributed by atoms with E-state index in [2.05, 4.69) is 0 Å². The number of carbonyl (C=O) groups excluding carboxylic acids is 2. The second kappa shape index (κ2) is 7.20.